The van der Waals surface area contributed by atoms with E-state index in [9.17, 15) is 9.90 Å². The number of hydrogen-bond acceptors (Lipinski definition) is 5. The van der Waals surface area contributed by atoms with Crippen LogP contribution in [0.4, 0.5) is 0 Å². The summed E-state index contributed by atoms with van der Waals surface area (Å²) < 4.78 is 5.11. The number of aromatic nitrogens is 3. The number of aromatic hydroxyl groups is 1. The molecule has 0 saturated heterocycles. The number of rotatable bonds is 6. The van der Waals surface area contributed by atoms with Gasteiger partial charge < -0.3 is 9.84 Å². The Morgan fingerprint density at radius 1 is 1.18 bits per heavy atom. The third-order valence-electron chi connectivity index (χ3n) is 4.48. The minimum Gasteiger partial charge on any atom is -0.505 e. The molecule has 0 amide bonds. The van der Waals surface area contributed by atoms with E-state index in [4.69, 9.17) is 4.74 Å². The number of benzene rings is 2. The third kappa shape index (κ3) is 4.32. The van der Waals surface area contributed by atoms with Crippen LogP contribution in [0.1, 0.15) is 44.7 Å². The van der Waals surface area contributed by atoms with Gasteiger partial charge in [0.2, 0.25) is 0 Å². The molecule has 0 spiro atoms. The van der Waals surface area contributed by atoms with Crippen LogP contribution in [0.15, 0.2) is 36.4 Å². The molecule has 2 aromatic carbocycles. The number of fused-ring (bicyclic) bond motifs is 1. The van der Waals surface area contributed by atoms with Crippen molar-refractivity contribution in [1.82, 2.24) is 15.0 Å². The molecule has 0 unspecified atom stereocenters. The highest BCUT2D eigenvalue weighted by Gasteiger charge is 2.23. The Labute approximate surface area is 165 Å². The molecular formula is C22H26N3O3. The Kier molecular flexibility index (Phi) is 5.68. The van der Waals surface area contributed by atoms with Gasteiger partial charge in [-0.15, -0.1) is 15.0 Å². The zero-order chi connectivity index (χ0) is 20.3. The molecule has 0 aliphatic carbocycles. The summed E-state index contributed by atoms with van der Waals surface area (Å²) in [6.45, 7) is 10.1. The van der Waals surface area contributed by atoms with Gasteiger partial charge in [-0.25, -0.2) is 0 Å². The first-order valence-corrected chi connectivity index (χ1v) is 9.43. The maximum absolute atomic E-state index is 11.9. The average molecular weight is 380 g/mol. The van der Waals surface area contributed by atoms with Gasteiger partial charge in [0.05, 0.1) is 6.61 Å². The van der Waals surface area contributed by atoms with Gasteiger partial charge in [0, 0.05) is 12.0 Å². The molecule has 1 radical (unpaired) electrons. The van der Waals surface area contributed by atoms with E-state index in [1.807, 2.05) is 57.2 Å². The number of hydrogen-bond donors (Lipinski definition) is 1. The molecule has 0 atom stereocenters. The van der Waals surface area contributed by atoms with Crippen LogP contribution in [-0.4, -0.2) is 32.7 Å². The highest BCUT2D eigenvalue weighted by atomic mass is 16.5. The fourth-order valence-corrected chi connectivity index (χ4v) is 3.02. The monoisotopic (exact) mass is 380 g/mol. The van der Waals surface area contributed by atoms with Crippen molar-refractivity contribution in [1.29, 1.82) is 0 Å². The second-order valence-electron chi connectivity index (χ2n) is 7.81. The van der Waals surface area contributed by atoms with Crippen LogP contribution in [0.2, 0.25) is 0 Å². The molecule has 28 heavy (non-hydrogen) atoms. The number of carbonyl (C=O) groups excluding carboxylic acids is 1. The SMILES string of the molecule is [CH2]CCOC(=O)CCc1cc(-n2nc3ccccc3n2)c(O)c(C(C)(C)C)c1. The Balaban J connectivity index is 1.99. The highest BCUT2D eigenvalue weighted by molar-refractivity contribution is 5.74. The van der Waals surface area contributed by atoms with Crippen LogP contribution in [0.3, 0.4) is 0 Å². The summed E-state index contributed by atoms with van der Waals surface area (Å²) in [5.41, 5.74) is 3.43. The molecule has 0 bridgehead atoms. The van der Waals surface area contributed by atoms with Gasteiger partial charge in [0.25, 0.3) is 0 Å². The molecule has 1 N–H and O–H groups in total. The van der Waals surface area contributed by atoms with Crippen molar-refractivity contribution in [3.8, 4) is 11.4 Å². The van der Waals surface area contributed by atoms with Gasteiger partial charge in [-0.3, -0.25) is 4.79 Å². The number of esters is 1. The maximum atomic E-state index is 11.9. The molecule has 3 aromatic rings. The number of ether oxygens (including phenoxy) is 1. The quantitative estimate of drug-likeness (QED) is 0.651. The smallest absolute Gasteiger partial charge is 0.306 e. The van der Waals surface area contributed by atoms with E-state index < -0.39 is 0 Å². The second-order valence-corrected chi connectivity index (χ2v) is 7.81. The lowest BCUT2D eigenvalue weighted by Crippen LogP contribution is -2.14. The third-order valence-corrected chi connectivity index (χ3v) is 4.48. The van der Waals surface area contributed by atoms with Crippen molar-refractivity contribution in [3.63, 3.8) is 0 Å². The Morgan fingerprint density at radius 2 is 1.82 bits per heavy atom. The van der Waals surface area contributed by atoms with Crippen LogP contribution < -0.4 is 0 Å². The molecule has 0 saturated carbocycles. The fourth-order valence-electron chi connectivity index (χ4n) is 3.02. The van der Waals surface area contributed by atoms with Gasteiger partial charge in [0.15, 0.2) is 0 Å². The Bertz CT molecular complexity index is 953. The van der Waals surface area contributed by atoms with Crippen molar-refractivity contribution in [3.05, 3.63) is 54.4 Å². The van der Waals surface area contributed by atoms with E-state index in [0.717, 1.165) is 22.2 Å². The summed E-state index contributed by atoms with van der Waals surface area (Å²) in [7, 11) is 0. The maximum Gasteiger partial charge on any atom is 0.306 e. The van der Waals surface area contributed by atoms with Crippen molar-refractivity contribution >= 4 is 17.0 Å². The largest absolute Gasteiger partial charge is 0.505 e. The molecule has 147 valence electrons. The van der Waals surface area contributed by atoms with Crippen LogP contribution >= 0.6 is 0 Å². The predicted octanol–water partition coefficient (Wildman–Crippen LogP) is 4.12. The van der Waals surface area contributed by atoms with E-state index in [-0.39, 0.29) is 23.6 Å². The summed E-state index contributed by atoms with van der Waals surface area (Å²) in [6, 6.07) is 11.3. The van der Waals surface area contributed by atoms with E-state index in [1.165, 1.54) is 4.80 Å². The number of phenolic OH excluding ortho intramolecular Hbond substituents is 1. The van der Waals surface area contributed by atoms with Crippen molar-refractivity contribution in [2.75, 3.05) is 6.61 Å². The number of aryl methyl sites for hydroxylation is 1. The number of phenols is 1. The standard InChI is InChI=1S/C22H26N3O3/c1-5-12-28-20(26)11-10-15-13-16(22(2,3)4)21(27)19(14-15)25-23-17-8-6-7-9-18(17)24-25/h6-9,13-14,27H,1,5,10-12H2,2-4H3. The minimum absolute atomic E-state index is 0.149. The summed E-state index contributed by atoms with van der Waals surface area (Å²) in [6.07, 6.45) is 1.33. The van der Waals surface area contributed by atoms with E-state index in [1.54, 1.807) is 0 Å². The summed E-state index contributed by atoms with van der Waals surface area (Å²) >= 11 is 0. The lowest BCUT2D eigenvalue weighted by Gasteiger charge is -2.23. The first kappa shape index (κ1) is 19.9. The number of nitrogens with zero attached hydrogens (tertiary/aromatic N) is 3. The zero-order valence-electron chi connectivity index (χ0n) is 16.6. The lowest BCUT2D eigenvalue weighted by atomic mass is 9.84. The predicted molar refractivity (Wildman–Crippen MR) is 108 cm³/mol. The topological polar surface area (TPSA) is 77.2 Å². The second kappa shape index (κ2) is 8.00. The normalized spacial score (nSPS) is 11.7. The van der Waals surface area contributed by atoms with Crippen LogP contribution in [0.25, 0.3) is 16.7 Å². The fraction of sp³-hybridized carbons (Fsp3) is 0.364. The van der Waals surface area contributed by atoms with Crippen LogP contribution in [-0.2, 0) is 21.4 Å². The Hall–Kier alpha value is -2.89. The molecule has 0 aliphatic heterocycles. The van der Waals surface area contributed by atoms with Crippen molar-refractivity contribution in [2.24, 2.45) is 0 Å². The van der Waals surface area contributed by atoms with E-state index >= 15 is 0 Å². The summed E-state index contributed by atoms with van der Waals surface area (Å²) in [5, 5.41) is 19.9. The van der Waals surface area contributed by atoms with Gasteiger partial charge in [0.1, 0.15) is 22.5 Å². The molecular weight excluding hydrogens is 354 g/mol. The molecule has 0 fully saturated rings. The molecule has 1 heterocycles. The molecule has 6 heteroatoms. The zero-order valence-corrected chi connectivity index (χ0v) is 16.6. The highest BCUT2D eigenvalue weighted by Crippen LogP contribution is 2.36. The van der Waals surface area contributed by atoms with Crippen molar-refractivity contribution < 1.29 is 14.6 Å². The molecule has 0 aliphatic rings. The van der Waals surface area contributed by atoms with Gasteiger partial charge >= 0.3 is 5.97 Å². The van der Waals surface area contributed by atoms with Crippen LogP contribution in [0.5, 0.6) is 5.75 Å². The Morgan fingerprint density at radius 3 is 2.39 bits per heavy atom. The lowest BCUT2D eigenvalue weighted by molar-refractivity contribution is -0.143. The summed E-state index contributed by atoms with van der Waals surface area (Å²) in [4.78, 5) is 13.3. The summed E-state index contributed by atoms with van der Waals surface area (Å²) in [5.74, 6) is -0.102. The number of carbonyl (C=O) groups is 1. The minimum atomic E-state index is -0.282. The molecule has 1 aromatic heterocycles. The molecule has 3 rings (SSSR count). The van der Waals surface area contributed by atoms with Gasteiger partial charge in [-0.1, -0.05) is 39.0 Å². The van der Waals surface area contributed by atoms with Crippen LogP contribution in [0, 0.1) is 6.92 Å². The van der Waals surface area contributed by atoms with E-state index in [2.05, 4.69) is 17.1 Å². The molecule has 6 nitrogen and oxygen atoms in total. The first-order chi connectivity index (χ1) is 13.3. The van der Waals surface area contributed by atoms with Gasteiger partial charge in [-0.2, -0.15) is 0 Å². The van der Waals surface area contributed by atoms with E-state index in [0.29, 0.717) is 25.1 Å². The first-order valence-electron chi connectivity index (χ1n) is 9.43. The average Bonchev–Trinajstić information content (AvgIpc) is 3.08. The van der Waals surface area contributed by atoms with Crippen molar-refractivity contribution in [2.45, 2.75) is 45.4 Å². The van der Waals surface area contributed by atoms with Gasteiger partial charge in [-0.05, 0) is 48.9 Å².